The van der Waals surface area contributed by atoms with Crippen LogP contribution in [-0.4, -0.2) is 13.1 Å². The third kappa shape index (κ3) is 2.20. The summed E-state index contributed by atoms with van der Waals surface area (Å²) in [5, 5.41) is 3.97. The fraction of sp³-hybridized carbons (Fsp3) is 0.222. The lowest BCUT2D eigenvalue weighted by molar-refractivity contribution is -0.136. The van der Waals surface area contributed by atoms with E-state index in [0.717, 1.165) is 5.56 Å². The van der Waals surface area contributed by atoms with Crippen molar-refractivity contribution in [3.05, 3.63) is 34.5 Å². The van der Waals surface area contributed by atoms with E-state index in [0.29, 0.717) is 12.0 Å². The zero-order valence-corrected chi connectivity index (χ0v) is 7.69. The van der Waals surface area contributed by atoms with Gasteiger partial charge >= 0.3 is 5.97 Å². The molecule has 0 unspecified atom stereocenters. The van der Waals surface area contributed by atoms with Crippen molar-refractivity contribution >= 4 is 17.3 Å². The van der Waals surface area contributed by atoms with E-state index in [1.165, 1.54) is 7.11 Å². The van der Waals surface area contributed by atoms with Gasteiger partial charge in [-0.05, 0) is 22.4 Å². The van der Waals surface area contributed by atoms with Crippen molar-refractivity contribution in [3.8, 4) is 0 Å². The van der Waals surface area contributed by atoms with Gasteiger partial charge < -0.3 is 4.74 Å². The van der Waals surface area contributed by atoms with Crippen LogP contribution in [0.1, 0.15) is 5.56 Å². The minimum Gasteiger partial charge on any atom is -0.466 e. The molecule has 0 aliphatic carbocycles. The molecule has 0 amide bonds. The van der Waals surface area contributed by atoms with Gasteiger partial charge in [-0.2, -0.15) is 11.3 Å². The molecule has 0 bridgehead atoms. The van der Waals surface area contributed by atoms with E-state index in [1.807, 2.05) is 16.8 Å². The summed E-state index contributed by atoms with van der Waals surface area (Å²) in [6, 6.07) is 1.97. The number of esters is 1. The van der Waals surface area contributed by atoms with Gasteiger partial charge in [-0.3, -0.25) is 0 Å². The van der Waals surface area contributed by atoms with E-state index in [4.69, 9.17) is 0 Å². The maximum absolute atomic E-state index is 10.9. The number of carbonyl (C=O) groups excluding carboxylic acids is 1. The third-order valence-electron chi connectivity index (χ3n) is 1.47. The maximum Gasteiger partial charge on any atom is 0.333 e. The van der Waals surface area contributed by atoms with Crippen LogP contribution in [-0.2, 0) is 16.0 Å². The summed E-state index contributed by atoms with van der Waals surface area (Å²) in [6.07, 6.45) is 0.580. The molecule has 0 atom stereocenters. The Bertz CT molecular complexity index is 275. The molecule has 1 rings (SSSR count). The summed E-state index contributed by atoms with van der Waals surface area (Å²) in [5.74, 6) is -0.332. The Hall–Kier alpha value is -1.09. The van der Waals surface area contributed by atoms with Crippen LogP contribution in [0.4, 0.5) is 0 Å². The van der Waals surface area contributed by atoms with Crippen LogP contribution in [0.5, 0.6) is 0 Å². The van der Waals surface area contributed by atoms with Crippen molar-refractivity contribution in [1.29, 1.82) is 0 Å². The lowest BCUT2D eigenvalue weighted by Gasteiger charge is -2.00. The van der Waals surface area contributed by atoms with Crippen LogP contribution in [0.3, 0.4) is 0 Å². The number of hydrogen-bond donors (Lipinski definition) is 0. The van der Waals surface area contributed by atoms with Crippen molar-refractivity contribution in [2.45, 2.75) is 6.42 Å². The van der Waals surface area contributed by atoms with Crippen LogP contribution >= 0.6 is 11.3 Å². The number of thiophene rings is 1. The Morgan fingerprint density at radius 2 is 2.50 bits per heavy atom. The molecule has 1 aromatic rings. The van der Waals surface area contributed by atoms with E-state index >= 15 is 0 Å². The maximum atomic E-state index is 10.9. The second kappa shape index (κ2) is 4.07. The van der Waals surface area contributed by atoms with Gasteiger partial charge in [0.05, 0.1) is 7.11 Å². The molecule has 1 heterocycles. The summed E-state index contributed by atoms with van der Waals surface area (Å²) in [7, 11) is 1.36. The second-order valence-corrected chi connectivity index (χ2v) is 3.18. The zero-order chi connectivity index (χ0) is 8.97. The summed E-state index contributed by atoms with van der Waals surface area (Å²) in [6.45, 7) is 3.63. The molecule has 0 saturated heterocycles. The van der Waals surface area contributed by atoms with Gasteiger partial charge in [-0.15, -0.1) is 0 Å². The van der Waals surface area contributed by atoms with Crippen molar-refractivity contribution in [1.82, 2.24) is 0 Å². The number of rotatable bonds is 3. The van der Waals surface area contributed by atoms with Crippen molar-refractivity contribution < 1.29 is 9.53 Å². The van der Waals surface area contributed by atoms with Gasteiger partial charge in [0.1, 0.15) is 0 Å². The molecule has 12 heavy (non-hydrogen) atoms. The molecular weight excluding hydrogens is 172 g/mol. The van der Waals surface area contributed by atoms with Crippen molar-refractivity contribution in [3.63, 3.8) is 0 Å². The van der Waals surface area contributed by atoms with Gasteiger partial charge in [0.25, 0.3) is 0 Å². The van der Waals surface area contributed by atoms with E-state index in [-0.39, 0.29) is 5.97 Å². The topological polar surface area (TPSA) is 26.3 Å². The summed E-state index contributed by atoms with van der Waals surface area (Å²) < 4.78 is 4.53. The fourth-order valence-electron chi connectivity index (χ4n) is 0.856. The van der Waals surface area contributed by atoms with Crippen LogP contribution in [0.25, 0.3) is 0 Å². The predicted molar refractivity (Wildman–Crippen MR) is 49.2 cm³/mol. The first-order chi connectivity index (χ1) is 5.74. The largest absolute Gasteiger partial charge is 0.466 e. The minimum absolute atomic E-state index is 0.332. The molecule has 0 saturated carbocycles. The molecule has 0 radical (unpaired) electrons. The Labute approximate surface area is 75.5 Å². The van der Waals surface area contributed by atoms with Gasteiger partial charge in [0.15, 0.2) is 0 Å². The predicted octanol–water partition coefficient (Wildman–Crippen LogP) is 2.02. The fourth-order valence-corrected chi connectivity index (χ4v) is 1.52. The van der Waals surface area contributed by atoms with E-state index in [2.05, 4.69) is 11.3 Å². The van der Waals surface area contributed by atoms with Gasteiger partial charge in [0, 0.05) is 12.0 Å². The normalized spacial score (nSPS) is 9.42. The quantitative estimate of drug-likeness (QED) is 0.528. The molecule has 0 N–H and O–H groups in total. The Kier molecular flexibility index (Phi) is 3.05. The zero-order valence-electron chi connectivity index (χ0n) is 6.87. The molecule has 0 aromatic carbocycles. The third-order valence-corrected chi connectivity index (χ3v) is 2.20. The molecule has 0 spiro atoms. The standard InChI is InChI=1S/C9H10O2S/c1-7(9(10)11-2)5-8-3-4-12-6-8/h3-4,6H,1,5H2,2H3. The Morgan fingerprint density at radius 3 is 3.00 bits per heavy atom. The van der Waals surface area contributed by atoms with Crippen LogP contribution in [0, 0.1) is 0 Å². The molecule has 1 aromatic heterocycles. The Balaban J connectivity index is 2.53. The highest BCUT2D eigenvalue weighted by Gasteiger charge is 2.06. The van der Waals surface area contributed by atoms with E-state index in [9.17, 15) is 4.79 Å². The van der Waals surface area contributed by atoms with Gasteiger partial charge in [-0.1, -0.05) is 6.58 Å². The first kappa shape index (κ1) is 9.00. The molecule has 64 valence electrons. The van der Waals surface area contributed by atoms with Crippen LogP contribution in [0.15, 0.2) is 29.0 Å². The van der Waals surface area contributed by atoms with Crippen molar-refractivity contribution in [2.24, 2.45) is 0 Å². The highest BCUT2D eigenvalue weighted by molar-refractivity contribution is 7.07. The van der Waals surface area contributed by atoms with E-state index < -0.39 is 0 Å². The second-order valence-electron chi connectivity index (χ2n) is 2.40. The first-order valence-corrected chi connectivity index (χ1v) is 4.45. The van der Waals surface area contributed by atoms with Gasteiger partial charge in [-0.25, -0.2) is 4.79 Å². The molecule has 0 aliphatic rings. The molecule has 0 fully saturated rings. The highest BCUT2D eigenvalue weighted by Crippen LogP contribution is 2.11. The monoisotopic (exact) mass is 182 g/mol. The summed E-state index contributed by atoms with van der Waals surface area (Å²) in [4.78, 5) is 10.9. The number of hydrogen-bond acceptors (Lipinski definition) is 3. The average molecular weight is 182 g/mol. The highest BCUT2D eigenvalue weighted by atomic mass is 32.1. The molecule has 0 aliphatic heterocycles. The van der Waals surface area contributed by atoms with Crippen molar-refractivity contribution in [2.75, 3.05) is 7.11 Å². The molecule has 2 nitrogen and oxygen atoms in total. The minimum atomic E-state index is -0.332. The smallest absolute Gasteiger partial charge is 0.333 e. The van der Waals surface area contributed by atoms with Crippen LogP contribution < -0.4 is 0 Å². The SMILES string of the molecule is C=C(Cc1ccsc1)C(=O)OC. The Morgan fingerprint density at radius 1 is 1.75 bits per heavy atom. The number of ether oxygens (including phenoxy) is 1. The van der Waals surface area contributed by atoms with Crippen LogP contribution in [0.2, 0.25) is 0 Å². The molecular formula is C9H10O2S. The lowest BCUT2D eigenvalue weighted by Crippen LogP contribution is -2.05. The molecule has 3 heteroatoms. The summed E-state index contributed by atoms with van der Waals surface area (Å²) in [5.41, 5.74) is 1.60. The number of methoxy groups -OCH3 is 1. The number of carbonyl (C=O) groups is 1. The van der Waals surface area contributed by atoms with E-state index in [1.54, 1.807) is 11.3 Å². The lowest BCUT2D eigenvalue weighted by atomic mass is 10.1. The first-order valence-electron chi connectivity index (χ1n) is 3.51. The summed E-state index contributed by atoms with van der Waals surface area (Å²) >= 11 is 1.61. The average Bonchev–Trinajstić information content (AvgIpc) is 2.55. The van der Waals surface area contributed by atoms with Gasteiger partial charge in [0.2, 0.25) is 0 Å².